The van der Waals surface area contributed by atoms with Crippen LogP contribution in [0.4, 0.5) is 0 Å². The van der Waals surface area contributed by atoms with E-state index in [4.69, 9.17) is 0 Å². The molecule has 3 rings (SSSR count). The molecule has 0 bridgehead atoms. The first-order valence-corrected chi connectivity index (χ1v) is 5.72. The van der Waals surface area contributed by atoms with Gasteiger partial charge in [0.15, 0.2) is 6.04 Å². The third-order valence-corrected chi connectivity index (χ3v) is 3.23. The van der Waals surface area contributed by atoms with E-state index in [9.17, 15) is 14.7 Å². The van der Waals surface area contributed by atoms with Crippen LogP contribution >= 0.6 is 0 Å². The second-order valence-electron chi connectivity index (χ2n) is 4.31. The first kappa shape index (κ1) is 10.8. The minimum atomic E-state index is -1.04. The molecule has 0 saturated heterocycles. The standard InChI is InChI=1S/C14H11NO3/c16-13-10-6-2-1-4-8-5-3-7-9(11(8)10)12(15-13)14(17)18/h1,3-7,12H,2H2,(H,15,16)(H,17,18). The van der Waals surface area contributed by atoms with E-state index in [0.29, 0.717) is 17.6 Å². The second-order valence-corrected chi connectivity index (χ2v) is 4.31. The van der Waals surface area contributed by atoms with E-state index in [0.717, 1.165) is 11.1 Å². The van der Waals surface area contributed by atoms with Gasteiger partial charge in [0.2, 0.25) is 0 Å². The Kier molecular flexibility index (Phi) is 2.30. The van der Waals surface area contributed by atoms with Gasteiger partial charge in [-0.15, -0.1) is 0 Å². The Morgan fingerprint density at radius 1 is 1.39 bits per heavy atom. The first-order valence-electron chi connectivity index (χ1n) is 5.72. The first-order chi connectivity index (χ1) is 8.68. The number of rotatable bonds is 1. The highest BCUT2D eigenvalue weighted by Gasteiger charge is 2.34. The molecule has 18 heavy (non-hydrogen) atoms. The van der Waals surface area contributed by atoms with Crippen LogP contribution in [0.2, 0.25) is 0 Å². The van der Waals surface area contributed by atoms with E-state index in [1.54, 1.807) is 6.07 Å². The number of carboxylic acids is 1. The van der Waals surface area contributed by atoms with Crippen molar-refractivity contribution in [2.24, 2.45) is 0 Å². The minimum Gasteiger partial charge on any atom is -0.479 e. The lowest BCUT2D eigenvalue weighted by Gasteiger charge is -2.26. The molecule has 4 heteroatoms. The molecule has 0 saturated carbocycles. The fourth-order valence-corrected chi connectivity index (χ4v) is 2.45. The number of carboxylic acid groups (broad SMARTS) is 1. The second kappa shape index (κ2) is 3.84. The molecule has 1 aromatic rings. The summed E-state index contributed by atoms with van der Waals surface area (Å²) in [6, 6.07) is 4.50. The van der Waals surface area contributed by atoms with Crippen molar-refractivity contribution in [2.75, 3.05) is 0 Å². The largest absolute Gasteiger partial charge is 0.479 e. The number of hydrogen-bond donors (Lipinski definition) is 2. The Bertz CT molecular complexity index is 613. The molecular formula is C14H11NO3. The Hall–Kier alpha value is -2.36. The van der Waals surface area contributed by atoms with Gasteiger partial charge in [0.25, 0.3) is 5.91 Å². The minimum absolute atomic E-state index is 0.314. The zero-order valence-corrected chi connectivity index (χ0v) is 9.51. The van der Waals surface area contributed by atoms with Crippen LogP contribution in [-0.4, -0.2) is 17.0 Å². The molecule has 1 atom stereocenters. The van der Waals surface area contributed by atoms with Crippen LogP contribution < -0.4 is 5.32 Å². The number of benzene rings is 1. The van der Waals surface area contributed by atoms with E-state index < -0.39 is 12.0 Å². The van der Waals surface area contributed by atoms with Crippen molar-refractivity contribution in [1.82, 2.24) is 5.32 Å². The van der Waals surface area contributed by atoms with Gasteiger partial charge in [0.1, 0.15) is 0 Å². The number of allylic oxidation sites excluding steroid dienone is 2. The fraction of sp³-hybridized carbons (Fsp3) is 0.143. The van der Waals surface area contributed by atoms with Gasteiger partial charge >= 0.3 is 5.97 Å². The zero-order valence-electron chi connectivity index (χ0n) is 9.51. The van der Waals surface area contributed by atoms with E-state index in [1.165, 1.54) is 0 Å². The van der Waals surface area contributed by atoms with Crippen molar-refractivity contribution in [3.8, 4) is 0 Å². The monoisotopic (exact) mass is 241 g/mol. The maximum atomic E-state index is 12.0. The summed E-state index contributed by atoms with van der Waals surface area (Å²) >= 11 is 0. The fourth-order valence-electron chi connectivity index (χ4n) is 2.45. The number of aliphatic carboxylic acids is 1. The van der Waals surface area contributed by atoms with Crippen LogP contribution in [0, 0.1) is 0 Å². The maximum absolute atomic E-state index is 12.0. The number of carbonyl (C=O) groups excluding carboxylic acids is 1. The molecule has 1 aliphatic heterocycles. The van der Waals surface area contributed by atoms with Crippen LogP contribution in [0.25, 0.3) is 11.6 Å². The maximum Gasteiger partial charge on any atom is 0.330 e. The lowest BCUT2D eigenvalue weighted by Crippen LogP contribution is -2.39. The van der Waals surface area contributed by atoms with Crippen molar-refractivity contribution in [3.05, 3.63) is 47.0 Å². The van der Waals surface area contributed by atoms with Gasteiger partial charge in [0, 0.05) is 5.57 Å². The molecule has 0 aromatic heterocycles. The van der Waals surface area contributed by atoms with E-state index in [-0.39, 0.29) is 5.91 Å². The summed E-state index contributed by atoms with van der Waals surface area (Å²) in [5.74, 6) is -1.35. The molecule has 1 aliphatic carbocycles. The van der Waals surface area contributed by atoms with Crippen LogP contribution in [0.3, 0.4) is 0 Å². The van der Waals surface area contributed by atoms with Crippen molar-refractivity contribution >= 4 is 23.5 Å². The lowest BCUT2D eigenvalue weighted by molar-refractivity contribution is -0.141. The number of nitrogens with one attached hydrogen (secondary N) is 1. The SMILES string of the molecule is O=C1NC(C(=O)O)c2cccc3c2C1=CCC=C3. The molecule has 0 spiro atoms. The molecule has 1 amide bonds. The summed E-state index contributed by atoms with van der Waals surface area (Å²) in [6.45, 7) is 0. The Morgan fingerprint density at radius 2 is 2.22 bits per heavy atom. The Balaban J connectivity index is 2.31. The Labute approximate surface area is 104 Å². The summed E-state index contributed by atoms with van der Waals surface area (Å²) in [6.07, 6.45) is 6.40. The molecule has 1 aromatic carbocycles. The van der Waals surface area contributed by atoms with Gasteiger partial charge in [0.05, 0.1) is 0 Å². The van der Waals surface area contributed by atoms with E-state index >= 15 is 0 Å². The van der Waals surface area contributed by atoms with Gasteiger partial charge in [-0.2, -0.15) is 0 Å². The molecule has 1 unspecified atom stereocenters. The number of carbonyl (C=O) groups is 2. The average molecular weight is 241 g/mol. The molecule has 4 nitrogen and oxygen atoms in total. The quantitative estimate of drug-likeness (QED) is 0.787. The topological polar surface area (TPSA) is 66.4 Å². The molecule has 0 radical (unpaired) electrons. The summed E-state index contributed by atoms with van der Waals surface area (Å²) in [5.41, 5.74) is 2.88. The normalized spacial score (nSPS) is 20.6. The van der Waals surface area contributed by atoms with Crippen LogP contribution in [-0.2, 0) is 9.59 Å². The molecule has 0 fully saturated rings. The lowest BCUT2D eigenvalue weighted by atomic mass is 9.87. The van der Waals surface area contributed by atoms with Crippen LogP contribution in [0.15, 0.2) is 30.4 Å². The predicted molar refractivity (Wildman–Crippen MR) is 66.6 cm³/mol. The summed E-state index contributed by atoms with van der Waals surface area (Å²) < 4.78 is 0. The van der Waals surface area contributed by atoms with Gasteiger partial charge in [-0.05, 0) is 23.1 Å². The van der Waals surface area contributed by atoms with Crippen molar-refractivity contribution < 1.29 is 14.7 Å². The van der Waals surface area contributed by atoms with Gasteiger partial charge in [-0.25, -0.2) is 4.79 Å². The molecular weight excluding hydrogens is 230 g/mol. The van der Waals surface area contributed by atoms with E-state index in [2.05, 4.69) is 5.32 Å². The third-order valence-electron chi connectivity index (χ3n) is 3.23. The van der Waals surface area contributed by atoms with Crippen molar-refractivity contribution in [3.63, 3.8) is 0 Å². The van der Waals surface area contributed by atoms with Gasteiger partial charge < -0.3 is 10.4 Å². The van der Waals surface area contributed by atoms with Gasteiger partial charge in [-0.3, -0.25) is 4.79 Å². The van der Waals surface area contributed by atoms with Crippen molar-refractivity contribution in [2.45, 2.75) is 12.5 Å². The summed E-state index contributed by atoms with van der Waals surface area (Å²) in [4.78, 5) is 23.2. The average Bonchev–Trinajstić information content (AvgIpc) is 2.57. The smallest absolute Gasteiger partial charge is 0.330 e. The zero-order chi connectivity index (χ0) is 12.7. The summed E-state index contributed by atoms with van der Waals surface area (Å²) in [7, 11) is 0. The Morgan fingerprint density at radius 3 is 3.00 bits per heavy atom. The number of hydrogen-bond acceptors (Lipinski definition) is 2. The van der Waals surface area contributed by atoms with E-state index in [1.807, 2.05) is 30.4 Å². The number of amides is 1. The molecule has 2 N–H and O–H groups in total. The highest BCUT2D eigenvalue weighted by Crippen LogP contribution is 2.35. The molecule has 2 aliphatic rings. The van der Waals surface area contributed by atoms with Crippen LogP contribution in [0.1, 0.15) is 29.2 Å². The predicted octanol–water partition coefficient (Wildman–Crippen LogP) is 1.74. The van der Waals surface area contributed by atoms with Gasteiger partial charge in [-0.1, -0.05) is 36.4 Å². The molecule has 90 valence electrons. The van der Waals surface area contributed by atoms with Crippen LogP contribution in [0.5, 0.6) is 0 Å². The molecule has 1 heterocycles. The third kappa shape index (κ3) is 1.46. The van der Waals surface area contributed by atoms with Crippen molar-refractivity contribution in [1.29, 1.82) is 0 Å². The summed E-state index contributed by atoms with van der Waals surface area (Å²) in [5, 5.41) is 11.7. The highest BCUT2D eigenvalue weighted by atomic mass is 16.4. The highest BCUT2D eigenvalue weighted by molar-refractivity contribution is 6.23.